The van der Waals surface area contributed by atoms with Crippen molar-refractivity contribution < 1.29 is 30.7 Å². The van der Waals surface area contributed by atoms with Crippen LogP contribution >= 0.6 is 0 Å². The van der Waals surface area contributed by atoms with Crippen LogP contribution in [-0.4, -0.2) is 60.4 Å². The monoisotopic (exact) mass is 577 g/mol. The highest BCUT2D eigenvalue weighted by Gasteiger charge is 2.35. The van der Waals surface area contributed by atoms with E-state index in [1.54, 1.807) is 19.1 Å². The van der Waals surface area contributed by atoms with E-state index < -0.39 is 27.4 Å². The molecule has 5 rings (SSSR count). The maximum atomic E-state index is 14.3. The molecule has 2 saturated heterocycles. The van der Waals surface area contributed by atoms with Crippen molar-refractivity contribution in [2.75, 3.05) is 55.7 Å². The summed E-state index contributed by atoms with van der Waals surface area (Å²) in [6, 6.07) is 11.8. The number of ether oxygens (including phenoxy) is 1. The Morgan fingerprint density at radius 2 is 1.70 bits per heavy atom. The number of sulfone groups is 1. The van der Waals surface area contributed by atoms with Gasteiger partial charge in [-0.25, -0.2) is 12.8 Å². The molecule has 0 aliphatic carbocycles. The van der Waals surface area contributed by atoms with Crippen molar-refractivity contribution >= 4 is 21.2 Å². The number of hydrogen-bond donors (Lipinski definition) is 1. The highest BCUT2D eigenvalue weighted by Crippen LogP contribution is 2.42. The Kier molecular flexibility index (Phi) is 7.82. The molecule has 3 aromatic carbocycles. The lowest BCUT2D eigenvalue weighted by atomic mass is 9.98. The summed E-state index contributed by atoms with van der Waals surface area (Å²) in [6.45, 7) is 7.72. The fraction of sp³-hybridized carbons (Fsp3) is 0.379. The molecule has 3 aromatic rings. The number of rotatable bonds is 5. The normalized spacial score (nSPS) is 18.7. The molecule has 2 fully saturated rings. The molecule has 0 spiro atoms. The third-order valence-corrected chi connectivity index (χ3v) is 9.50. The number of piperazine rings is 1. The van der Waals surface area contributed by atoms with E-state index in [0.717, 1.165) is 17.8 Å². The van der Waals surface area contributed by atoms with E-state index in [4.69, 9.17) is 4.74 Å². The molecule has 0 aromatic heterocycles. The Morgan fingerprint density at radius 3 is 2.40 bits per heavy atom. The van der Waals surface area contributed by atoms with Crippen LogP contribution in [0, 0.1) is 12.7 Å². The average molecular weight is 578 g/mol. The number of hydrogen-bond acceptors (Lipinski definition) is 6. The Bertz CT molecular complexity index is 1500. The van der Waals surface area contributed by atoms with Crippen molar-refractivity contribution in [3.8, 4) is 11.1 Å². The van der Waals surface area contributed by atoms with Crippen LogP contribution < -0.4 is 15.1 Å². The van der Waals surface area contributed by atoms with Crippen LogP contribution in [0.3, 0.4) is 0 Å². The second-order valence-corrected chi connectivity index (χ2v) is 12.0. The summed E-state index contributed by atoms with van der Waals surface area (Å²) in [4.78, 5) is 4.16. The molecule has 11 heteroatoms. The first-order chi connectivity index (χ1) is 19.0. The zero-order valence-corrected chi connectivity index (χ0v) is 23.1. The van der Waals surface area contributed by atoms with Gasteiger partial charge in [0.2, 0.25) is 9.84 Å². The van der Waals surface area contributed by atoms with Crippen LogP contribution in [0.5, 0.6) is 0 Å². The van der Waals surface area contributed by atoms with Crippen LogP contribution in [0.4, 0.5) is 28.9 Å². The molecule has 6 nitrogen and oxygen atoms in total. The minimum absolute atomic E-state index is 0.0166. The minimum Gasteiger partial charge on any atom is -0.378 e. The summed E-state index contributed by atoms with van der Waals surface area (Å²) < 4.78 is 89.4. The van der Waals surface area contributed by atoms with Crippen molar-refractivity contribution in [2.24, 2.45) is 0 Å². The lowest BCUT2D eigenvalue weighted by Crippen LogP contribution is -2.50. The van der Waals surface area contributed by atoms with Crippen LogP contribution in [0.15, 0.2) is 64.4 Å². The molecule has 2 aliphatic heterocycles. The van der Waals surface area contributed by atoms with Gasteiger partial charge in [-0.1, -0.05) is 18.2 Å². The van der Waals surface area contributed by atoms with Crippen molar-refractivity contribution in [3.63, 3.8) is 0 Å². The standard InChI is InChI=1S/C29H31F4N3O3S/c1-19-18-34-10-11-36(19)26-16-21(23-8-7-22(30)17-24(23)29(31,32)33)6-9-28(26)40(37,38)27-5-3-4-25(20(27)2)35-12-14-39-15-13-35/h3-9,16-17,19,34H,10-15,18H2,1-2H3. The van der Waals surface area contributed by atoms with Gasteiger partial charge in [0.25, 0.3) is 0 Å². The molecule has 0 amide bonds. The first-order valence-corrected chi connectivity index (χ1v) is 14.6. The molecule has 2 heterocycles. The summed E-state index contributed by atoms with van der Waals surface area (Å²) >= 11 is 0. The van der Waals surface area contributed by atoms with Crippen LogP contribution in [0.25, 0.3) is 11.1 Å². The van der Waals surface area contributed by atoms with Gasteiger partial charge in [0.05, 0.1) is 34.3 Å². The fourth-order valence-electron chi connectivity index (χ4n) is 5.50. The maximum Gasteiger partial charge on any atom is 0.417 e. The summed E-state index contributed by atoms with van der Waals surface area (Å²) in [5.74, 6) is -0.998. The quantitative estimate of drug-likeness (QED) is 0.416. The summed E-state index contributed by atoms with van der Waals surface area (Å²) in [7, 11) is -4.08. The van der Waals surface area contributed by atoms with Crippen LogP contribution in [0.1, 0.15) is 18.1 Å². The zero-order valence-electron chi connectivity index (χ0n) is 22.3. The smallest absolute Gasteiger partial charge is 0.378 e. The number of morpholine rings is 1. The molecular formula is C29H31F4N3O3S. The third kappa shape index (κ3) is 5.42. The lowest BCUT2D eigenvalue weighted by Gasteiger charge is -2.37. The van der Waals surface area contributed by atoms with Gasteiger partial charge in [-0.15, -0.1) is 0 Å². The summed E-state index contributed by atoms with van der Waals surface area (Å²) in [5.41, 5.74) is 0.555. The molecule has 1 atom stereocenters. The van der Waals surface area contributed by atoms with Gasteiger partial charge in [0, 0.05) is 44.5 Å². The Labute approximate surface area is 231 Å². The highest BCUT2D eigenvalue weighted by atomic mass is 32.2. The van der Waals surface area contributed by atoms with Crippen molar-refractivity contribution in [3.05, 3.63) is 71.5 Å². The van der Waals surface area contributed by atoms with E-state index in [0.29, 0.717) is 63.3 Å². The molecule has 1 unspecified atom stereocenters. The molecule has 0 radical (unpaired) electrons. The topological polar surface area (TPSA) is 61.9 Å². The van der Waals surface area contributed by atoms with Gasteiger partial charge >= 0.3 is 6.18 Å². The summed E-state index contributed by atoms with van der Waals surface area (Å²) in [6.07, 6.45) is -4.79. The van der Waals surface area contributed by atoms with Gasteiger partial charge in [0.1, 0.15) is 5.82 Å². The zero-order chi connectivity index (χ0) is 28.7. The predicted octanol–water partition coefficient (Wildman–Crippen LogP) is 5.29. The Balaban J connectivity index is 1.67. The molecule has 0 bridgehead atoms. The number of nitrogens with zero attached hydrogens (tertiary/aromatic N) is 2. The lowest BCUT2D eigenvalue weighted by molar-refractivity contribution is -0.137. The first-order valence-electron chi connectivity index (χ1n) is 13.1. The molecule has 40 heavy (non-hydrogen) atoms. The van der Waals surface area contributed by atoms with Gasteiger partial charge in [0.15, 0.2) is 0 Å². The number of nitrogens with one attached hydrogen (secondary N) is 1. The van der Waals surface area contributed by atoms with E-state index in [-0.39, 0.29) is 27.0 Å². The predicted molar refractivity (Wildman–Crippen MR) is 146 cm³/mol. The van der Waals surface area contributed by atoms with Crippen LogP contribution in [0.2, 0.25) is 0 Å². The first kappa shape index (κ1) is 28.4. The number of benzene rings is 3. The van der Waals surface area contributed by atoms with E-state index in [1.165, 1.54) is 18.2 Å². The van der Waals surface area contributed by atoms with Crippen LogP contribution in [-0.2, 0) is 20.8 Å². The number of anilines is 2. The third-order valence-electron chi connectivity index (χ3n) is 7.55. The van der Waals surface area contributed by atoms with E-state index >= 15 is 0 Å². The number of alkyl halides is 3. The summed E-state index contributed by atoms with van der Waals surface area (Å²) in [5, 5.41) is 3.26. The van der Waals surface area contributed by atoms with Crippen molar-refractivity contribution in [1.82, 2.24) is 5.32 Å². The maximum absolute atomic E-state index is 14.3. The average Bonchev–Trinajstić information content (AvgIpc) is 2.93. The Morgan fingerprint density at radius 1 is 0.950 bits per heavy atom. The second-order valence-electron chi connectivity index (χ2n) is 10.1. The van der Waals surface area contributed by atoms with Gasteiger partial charge in [-0.05, 0) is 66.9 Å². The van der Waals surface area contributed by atoms with E-state index in [9.17, 15) is 26.0 Å². The van der Waals surface area contributed by atoms with E-state index in [1.807, 2.05) is 17.9 Å². The molecule has 2 aliphatic rings. The fourth-order valence-corrected chi connectivity index (χ4v) is 7.20. The minimum atomic E-state index is -4.79. The molecule has 214 valence electrons. The molecular weight excluding hydrogens is 546 g/mol. The van der Waals surface area contributed by atoms with Gasteiger partial charge < -0.3 is 19.9 Å². The SMILES string of the molecule is Cc1c(N2CCOCC2)cccc1S(=O)(=O)c1ccc(-c2ccc(F)cc2C(F)(F)F)cc1N1CCNCC1C. The molecule has 0 saturated carbocycles. The number of halogens is 4. The van der Waals surface area contributed by atoms with Crippen molar-refractivity contribution in [2.45, 2.75) is 35.9 Å². The van der Waals surface area contributed by atoms with Gasteiger partial charge in [-0.3, -0.25) is 0 Å². The van der Waals surface area contributed by atoms with Crippen molar-refractivity contribution in [1.29, 1.82) is 0 Å². The molecule has 1 N–H and O–H groups in total. The highest BCUT2D eigenvalue weighted by molar-refractivity contribution is 7.91. The largest absolute Gasteiger partial charge is 0.417 e. The van der Waals surface area contributed by atoms with E-state index in [2.05, 4.69) is 10.2 Å². The Hall–Kier alpha value is -3.15. The second kappa shape index (κ2) is 11.0. The van der Waals surface area contributed by atoms with Gasteiger partial charge in [-0.2, -0.15) is 13.2 Å².